The van der Waals surface area contributed by atoms with E-state index in [1.54, 1.807) is 0 Å². The van der Waals surface area contributed by atoms with E-state index in [1.165, 1.54) is 0 Å². The summed E-state index contributed by atoms with van der Waals surface area (Å²) in [6, 6.07) is 0. The van der Waals surface area contributed by atoms with Crippen molar-refractivity contribution in [1.29, 1.82) is 0 Å². The second-order valence-electron chi connectivity index (χ2n) is 5.23. The number of carbonyl (C=O) groups excluding carboxylic acids is 1. The number of hydrogen-bond donors (Lipinski definition) is 3. The van der Waals surface area contributed by atoms with Gasteiger partial charge in [0.2, 0.25) is 0 Å². The van der Waals surface area contributed by atoms with Gasteiger partial charge >= 0.3 is 5.97 Å². The van der Waals surface area contributed by atoms with Crippen LogP contribution in [0.2, 0.25) is 0 Å². The fourth-order valence-electron chi connectivity index (χ4n) is 1.19. The molecule has 0 aliphatic heterocycles. The Balaban J connectivity index is 3.86. The molecule has 0 spiro atoms. The van der Waals surface area contributed by atoms with Crippen LogP contribution in [0.3, 0.4) is 0 Å². The second kappa shape index (κ2) is 5.41. The van der Waals surface area contributed by atoms with E-state index >= 15 is 0 Å². The summed E-state index contributed by atoms with van der Waals surface area (Å²) >= 11 is 0. The highest BCUT2D eigenvalue weighted by Gasteiger charge is 2.28. The third-order valence-corrected chi connectivity index (χ3v) is 2.48. The molecule has 0 aromatic rings. The van der Waals surface area contributed by atoms with Gasteiger partial charge in [0.25, 0.3) is 0 Å². The summed E-state index contributed by atoms with van der Waals surface area (Å²) in [4.78, 5) is 22.1. The van der Waals surface area contributed by atoms with E-state index in [2.05, 4.69) is 0 Å². The number of Topliss-reactive ketones (excluding diaryl/α,β-unsaturated/α-hetero) is 1. The Labute approximate surface area is 96.2 Å². The number of carbonyl (C=O) groups is 2. The number of unbranched alkanes of at least 4 members (excludes halogenated alkanes) is 1. The van der Waals surface area contributed by atoms with Crippen molar-refractivity contribution in [2.75, 3.05) is 0 Å². The number of aliphatic carboxylic acids is 1. The van der Waals surface area contributed by atoms with E-state index in [0.717, 1.165) is 0 Å². The molecule has 94 valence electrons. The third kappa shape index (κ3) is 5.23. The monoisotopic (exact) mass is 230 g/mol. The molecule has 0 radical (unpaired) electrons. The Morgan fingerprint density at radius 3 is 2.00 bits per heavy atom. The Hall–Kier alpha value is -0.940. The van der Waals surface area contributed by atoms with E-state index in [0.29, 0.717) is 19.3 Å². The highest BCUT2D eigenvalue weighted by Crippen LogP contribution is 2.19. The van der Waals surface area contributed by atoms with Crippen LogP contribution in [-0.2, 0) is 9.59 Å². The fraction of sp³-hybridized carbons (Fsp3) is 0.818. The van der Waals surface area contributed by atoms with Crippen molar-refractivity contribution in [2.24, 2.45) is 16.9 Å². The zero-order chi connectivity index (χ0) is 13.0. The van der Waals surface area contributed by atoms with Crippen LogP contribution in [0.15, 0.2) is 0 Å². The van der Waals surface area contributed by atoms with Gasteiger partial charge in [0.05, 0.1) is 0 Å². The molecule has 0 rings (SSSR count). The molecular weight excluding hydrogens is 208 g/mol. The summed E-state index contributed by atoms with van der Waals surface area (Å²) in [5.41, 5.74) is 8.70. The molecule has 0 unspecified atom stereocenters. The lowest BCUT2D eigenvalue weighted by atomic mass is 9.87. The molecule has 0 aromatic carbocycles. The van der Waals surface area contributed by atoms with E-state index in [1.807, 2.05) is 20.8 Å². The molecule has 0 aliphatic carbocycles. The number of nitrogens with two attached hydrogens (primary N) is 2. The Morgan fingerprint density at radius 1 is 1.12 bits per heavy atom. The van der Waals surface area contributed by atoms with Crippen LogP contribution in [-0.4, -0.2) is 22.5 Å². The predicted molar refractivity (Wildman–Crippen MR) is 61.7 cm³/mol. The molecule has 0 heterocycles. The number of carboxylic acid groups (broad SMARTS) is 1. The van der Waals surface area contributed by atoms with Gasteiger partial charge in [-0.1, -0.05) is 20.8 Å². The van der Waals surface area contributed by atoms with Crippen molar-refractivity contribution in [3.05, 3.63) is 0 Å². The maximum absolute atomic E-state index is 11.5. The Bertz CT molecular complexity index is 267. The standard InChI is InChI=1S/C11H22N2O3/c1-10(2,3)8(14)6-4-5-7-11(12,13)9(15)16/h4-7,12-13H2,1-3H3,(H,15,16). The fourth-order valence-corrected chi connectivity index (χ4v) is 1.19. The van der Waals surface area contributed by atoms with Gasteiger partial charge in [0.1, 0.15) is 5.78 Å². The lowest BCUT2D eigenvalue weighted by molar-refractivity contribution is -0.143. The molecule has 0 amide bonds. The zero-order valence-electron chi connectivity index (χ0n) is 10.2. The van der Waals surface area contributed by atoms with E-state index in [4.69, 9.17) is 16.6 Å². The van der Waals surface area contributed by atoms with Gasteiger partial charge in [-0.05, 0) is 19.3 Å². The molecule has 0 aliphatic rings. The number of hydrogen-bond acceptors (Lipinski definition) is 4. The molecule has 0 fully saturated rings. The lowest BCUT2D eigenvalue weighted by Crippen LogP contribution is -2.56. The van der Waals surface area contributed by atoms with Crippen molar-refractivity contribution >= 4 is 11.8 Å². The smallest absolute Gasteiger partial charge is 0.338 e. The highest BCUT2D eigenvalue weighted by molar-refractivity contribution is 5.83. The quantitative estimate of drug-likeness (QED) is 0.463. The van der Waals surface area contributed by atoms with Gasteiger partial charge in [-0.25, -0.2) is 4.79 Å². The molecule has 0 atom stereocenters. The Kier molecular flexibility index (Phi) is 5.09. The summed E-state index contributed by atoms with van der Waals surface area (Å²) in [5, 5.41) is 8.66. The average molecular weight is 230 g/mol. The van der Waals surface area contributed by atoms with Crippen LogP contribution in [0.25, 0.3) is 0 Å². The zero-order valence-corrected chi connectivity index (χ0v) is 10.2. The van der Waals surface area contributed by atoms with E-state index < -0.39 is 11.6 Å². The third-order valence-electron chi connectivity index (χ3n) is 2.48. The molecular formula is C11H22N2O3. The summed E-state index contributed by atoms with van der Waals surface area (Å²) in [5.74, 6) is -1.04. The van der Waals surface area contributed by atoms with Crippen molar-refractivity contribution < 1.29 is 14.7 Å². The first-order chi connectivity index (χ1) is 7.07. The SMILES string of the molecule is CC(C)(C)C(=O)CCCCC(N)(N)C(=O)O. The molecule has 0 saturated heterocycles. The molecule has 5 N–H and O–H groups in total. The van der Waals surface area contributed by atoms with E-state index in [-0.39, 0.29) is 17.6 Å². The minimum Gasteiger partial charge on any atom is -0.479 e. The largest absolute Gasteiger partial charge is 0.479 e. The van der Waals surface area contributed by atoms with E-state index in [9.17, 15) is 9.59 Å². The Morgan fingerprint density at radius 2 is 1.62 bits per heavy atom. The predicted octanol–water partition coefficient (Wildman–Crippen LogP) is 0.860. The van der Waals surface area contributed by atoms with Crippen LogP contribution in [0.4, 0.5) is 0 Å². The lowest BCUT2D eigenvalue weighted by Gasteiger charge is -2.19. The maximum Gasteiger partial charge on any atom is 0.338 e. The minimum atomic E-state index is -1.68. The van der Waals surface area contributed by atoms with Crippen LogP contribution in [0.1, 0.15) is 46.5 Å². The van der Waals surface area contributed by atoms with Gasteiger partial charge in [-0.15, -0.1) is 0 Å². The van der Waals surface area contributed by atoms with Crippen molar-refractivity contribution in [1.82, 2.24) is 0 Å². The first-order valence-corrected chi connectivity index (χ1v) is 5.42. The van der Waals surface area contributed by atoms with Gasteiger partial charge < -0.3 is 16.6 Å². The van der Waals surface area contributed by atoms with Gasteiger partial charge in [-0.2, -0.15) is 0 Å². The second-order valence-corrected chi connectivity index (χ2v) is 5.23. The van der Waals surface area contributed by atoms with Crippen molar-refractivity contribution in [3.63, 3.8) is 0 Å². The van der Waals surface area contributed by atoms with Crippen LogP contribution >= 0.6 is 0 Å². The minimum absolute atomic E-state index is 0.169. The average Bonchev–Trinajstić information content (AvgIpc) is 2.10. The molecule has 16 heavy (non-hydrogen) atoms. The summed E-state index contributed by atoms with van der Waals surface area (Å²) in [7, 11) is 0. The highest BCUT2D eigenvalue weighted by atomic mass is 16.4. The summed E-state index contributed by atoms with van der Waals surface area (Å²) in [6.45, 7) is 5.59. The first-order valence-electron chi connectivity index (χ1n) is 5.42. The molecule has 5 heteroatoms. The topological polar surface area (TPSA) is 106 Å². The van der Waals surface area contributed by atoms with Crippen molar-refractivity contribution in [2.45, 2.75) is 52.1 Å². The van der Waals surface area contributed by atoms with Gasteiger partial charge in [0.15, 0.2) is 5.66 Å². The molecule has 0 aromatic heterocycles. The summed E-state index contributed by atoms with van der Waals surface area (Å²) in [6.07, 6.45) is 1.79. The van der Waals surface area contributed by atoms with Crippen LogP contribution in [0.5, 0.6) is 0 Å². The van der Waals surface area contributed by atoms with Gasteiger partial charge in [-0.3, -0.25) is 4.79 Å². The molecule has 0 bridgehead atoms. The number of ketones is 1. The number of carboxylic acids is 1. The molecule has 5 nitrogen and oxygen atoms in total. The van der Waals surface area contributed by atoms with Crippen molar-refractivity contribution in [3.8, 4) is 0 Å². The first kappa shape index (κ1) is 15.1. The number of rotatable bonds is 6. The van der Waals surface area contributed by atoms with Crippen LogP contribution in [0, 0.1) is 5.41 Å². The van der Waals surface area contributed by atoms with Gasteiger partial charge in [0, 0.05) is 11.8 Å². The molecule has 0 saturated carbocycles. The summed E-state index contributed by atoms with van der Waals surface area (Å²) < 4.78 is 0. The maximum atomic E-state index is 11.5. The van der Waals surface area contributed by atoms with Crippen LogP contribution < -0.4 is 11.5 Å². The normalized spacial score (nSPS) is 12.6.